The Kier molecular flexibility index (Phi) is 6.07. The Labute approximate surface area is 128 Å². The maximum atomic E-state index is 8.53. The smallest absolute Gasteiger partial charge is 0.161 e. The normalized spacial score (nSPS) is 10.1. The van der Waals surface area contributed by atoms with Crippen LogP contribution in [0.25, 0.3) is 0 Å². The highest BCUT2D eigenvalue weighted by molar-refractivity contribution is 7.09. The summed E-state index contributed by atoms with van der Waals surface area (Å²) < 4.78 is 11.5. The average molecular weight is 302 g/mol. The molecule has 4 nitrogen and oxygen atoms in total. The van der Waals surface area contributed by atoms with Crippen LogP contribution in [0.4, 0.5) is 0 Å². The van der Waals surface area contributed by atoms with Gasteiger partial charge in [-0.25, -0.2) is 0 Å². The van der Waals surface area contributed by atoms with E-state index in [0.717, 1.165) is 17.1 Å². The minimum Gasteiger partial charge on any atom is -0.490 e. The van der Waals surface area contributed by atoms with E-state index in [4.69, 9.17) is 14.7 Å². The van der Waals surface area contributed by atoms with E-state index in [2.05, 4.69) is 11.4 Å². The molecular formula is C16H18N2O2S. The van der Waals surface area contributed by atoms with E-state index in [-0.39, 0.29) is 0 Å². The van der Waals surface area contributed by atoms with E-state index in [1.54, 1.807) is 11.3 Å². The van der Waals surface area contributed by atoms with Gasteiger partial charge in [0.25, 0.3) is 0 Å². The van der Waals surface area contributed by atoms with Gasteiger partial charge in [-0.05, 0) is 36.1 Å². The van der Waals surface area contributed by atoms with Crippen molar-refractivity contribution in [2.75, 3.05) is 13.2 Å². The highest BCUT2D eigenvalue weighted by Gasteiger charge is 2.07. The number of rotatable bonds is 8. The SMILES string of the molecule is CCOc1cc(CNCC#N)ccc1OCc1cccs1. The molecule has 1 heterocycles. The first-order valence-electron chi connectivity index (χ1n) is 6.82. The van der Waals surface area contributed by atoms with E-state index in [1.165, 1.54) is 4.88 Å². The summed E-state index contributed by atoms with van der Waals surface area (Å²) in [4.78, 5) is 1.18. The average Bonchev–Trinajstić information content (AvgIpc) is 3.00. The van der Waals surface area contributed by atoms with Crippen molar-refractivity contribution >= 4 is 11.3 Å². The molecule has 0 aliphatic carbocycles. The number of nitriles is 1. The standard InChI is InChI=1S/C16H18N2O2S/c1-2-19-16-10-13(11-18-8-7-17)5-6-15(16)20-12-14-4-3-9-21-14/h3-6,9-10,18H,2,8,11-12H2,1H3. The largest absolute Gasteiger partial charge is 0.490 e. The third kappa shape index (κ3) is 4.78. The fraction of sp³-hybridized carbons (Fsp3) is 0.312. The second-order valence-corrected chi connectivity index (χ2v) is 5.38. The molecule has 0 unspecified atom stereocenters. The number of hydrogen-bond donors (Lipinski definition) is 1. The lowest BCUT2D eigenvalue weighted by atomic mass is 10.2. The van der Waals surface area contributed by atoms with Crippen LogP contribution >= 0.6 is 11.3 Å². The van der Waals surface area contributed by atoms with Crippen molar-refractivity contribution < 1.29 is 9.47 Å². The molecule has 0 aliphatic heterocycles. The first kappa shape index (κ1) is 15.4. The number of hydrogen-bond acceptors (Lipinski definition) is 5. The van der Waals surface area contributed by atoms with Crippen molar-refractivity contribution in [3.05, 3.63) is 46.2 Å². The third-order valence-corrected chi connectivity index (χ3v) is 3.64. The molecule has 5 heteroatoms. The summed E-state index contributed by atoms with van der Waals surface area (Å²) in [5.74, 6) is 1.49. The van der Waals surface area contributed by atoms with Gasteiger partial charge in [0.1, 0.15) is 6.61 Å². The number of benzene rings is 1. The molecule has 110 valence electrons. The first-order chi connectivity index (χ1) is 10.3. The Morgan fingerprint density at radius 1 is 1.24 bits per heavy atom. The molecule has 0 saturated carbocycles. The predicted octanol–water partition coefficient (Wildman–Crippen LogP) is 3.34. The van der Waals surface area contributed by atoms with Crippen molar-refractivity contribution in [3.63, 3.8) is 0 Å². The predicted molar refractivity (Wildman–Crippen MR) is 83.6 cm³/mol. The van der Waals surface area contributed by atoms with Crippen molar-refractivity contribution in [1.29, 1.82) is 5.26 Å². The van der Waals surface area contributed by atoms with E-state index in [0.29, 0.717) is 26.3 Å². The first-order valence-corrected chi connectivity index (χ1v) is 7.70. The van der Waals surface area contributed by atoms with Crippen LogP contribution in [0, 0.1) is 11.3 Å². The summed E-state index contributed by atoms with van der Waals surface area (Å²) in [7, 11) is 0. The Bertz CT molecular complexity index is 591. The van der Waals surface area contributed by atoms with E-state index >= 15 is 0 Å². The van der Waals surface area contributed by atoms with Gasteiger partial charge in [0.15, 0.2) is 11.5 Å². The van der Waals surface area contributed by atoms with Crippen LogP contribution in [0.5, 0.6) is 11.5 Å². The summed E-state index contributed by atoms with van der Waals surface area (Å²) >= 11 is 1.67. The lowest BCUT2D eigenvalue weighted by Gasteiger charge is -2.13. The van der Waals surface area contributed by atoms with Gasteiger partial charge >= 0.3 is 0 Å². The molecule has 0 saturated heterocycles. The molecule has 0 aliphatic rings. The summed E-state index contributed by atoms with van der Waals surface area (Å²) in [5, 5.41) is 13.6. The summed E-state index contributed by atoms with van der Waals surface area (Å²) in [6.45, 7) is 4.05. The zero-order chi connectivity index (χ0) is 14.9. The fourth-order valence-electron chi connectivity index (χ4n) is 1.86. The Morgan fingerprint density at radius 2 is 2.14 bits per heavy atom. The molecule has 0 bridgehead atoms. The monoisotopic (exact) mass is 302 g/mol. The molecule has 0 atom stereocenters. The molecule has 0 spiro atoms. The minimum absolute atomic E-state index is 0.334. The van der Waals surface area contributed by atoms with Crippen LogP contribution in [0.2, 0.25) is 0 Å². The van der Waals surface area contributed by atoms with Crippen LogP contribution in [-0.4, -0.2) is 13.2 Å². The van der Waals surface area contributed by atoms with E-state index in [1.807, 2.05) is 42.6 Å². The van der Waals surface area contributed by atoms with E-state index < -0.39 is 0 Å². The summed E-state index contributed by atoms with van der Waals surface area (Å²) in [6.07, 6.45) is 0. The number of ether oxygens (including phenoxy) is 2. The number of nitrogens with zero attached hydrogens (tertiary/aromatic N) is 1. The second-order valence-electron chi connectivity index (χ2n) is 4.34. The Balaban J connectivity index is 2.03. The molecule has 1 aromatic heterocycles. The van der Waals surface area contributed by atoms with Crippen LogP contribution in [0.15, 0.2) is 35.7 Å². The molecule has 1 aromatic carbocycles. The minimum atomic E-state index is 0.334. The molecule has 0 fully saturated rings. The quantitative estimate of drug-likeness (QED) is 0.600. The van der Waals surface area contributed by atoms with Crippen molar-refractivity contribution in [2.45, 2.75) is 20.1 Å². The van der Waals surface area contributed by atoms with Gasteiger partial charge in [-0.3, -0.25) is 0 Å². The molecule has 2 rings (SSSR count). The van der Waals surface area contributed by atoms with Gasteiger partial charge in [-0.1, -0.05) is 12.1 Å². The van der Waals surface area contributed by atoms with Crippen molar-refractivity contribution in [1.82, 2.24) is 5.32 Å². The summed E-state index contributed by atoms with van der Waals surface area (Å²) in [6, 6.07) is 12.0. The fourth-order valence-corrected chi connectivity index (χ4v) is 2.47. The van der Waals surface area contributed by atoms with Gasteiger partial charge in [0.05, 0.1) is 19.2 Å². The Morgan fingerprint density at radius 3 is 2.86 bits per heavy atom. The van der Waals surface area contributed by atoms with Crippen LogP contribution in [-0.2, 0) is 13.2 Å². The lowest BCUT2D eigenvalue weighted by Crippen LogP contribution is -2.13. The van der Waals surface area contributed by atoms with Crippen molar-refractivity contribution in [2.24, 2.45) is 0 Å². The van der Waals surface area contributed by atoms with Crippen LogP contribution < -0.4 is 14.8 Å². The molecule has 2 aromatic rings. The van der Waals surface area contributed by atoms with Gasteiger partial charge in [-0.15, -0.1) is 11.3 Å². The maximum absolute atomic E-state index is 8.53. The molecule has 1 N–H and O–H groups in total. The summed E-state index contributed by atoms with van der Waals surface area (Å²) in [5.41, 5.74) is 1.07. The zero-order valence-corrected chi connectivity index (χ0v) is 12.8. The molecule has 21 heavy (non-hydrogen) atoms. The lowest BCUT2D eigenvalue weighted by molar-refractivity contribution is 0.271. The third-order valence-electron chi connectivity index (χ3n) is 2.79. The zero-order valence-electron chi connectivity index (χ0n) is 12.0. The van der Waals surface area contributed by atoms with Gasteiger partial charge < -0.3 is 14.8 Å². The number of thiophene rings is 1. The maximum Gasteiger partial charge on any atom is 0.161 e. The molecule has 0 amide bonds. The van der Waals surface area contributed by atoms with Crippen molar-refractivity contribution in [3.8, 4) is 17.6 Å². The van der Waals surface area contributed by atoms with Crippen LogP contribution in [0.1, 0.15) is 17.4 Å². The highest BCUT2D eigenvalue weighted by atomic mass is 32.1. The Hall–Kier alpha value is -2.03. The number of nitrogens with one attached hydrogen (secondary N) is 1. The topological polar surface area (TPSA) is 54.3 Å². The van der Waals surface area contributed by atoms with E-state index in [9.17, 15) is 0 Å². The second kappa shape index (κ2) is 8.30. The van der Waals surface area contributed by atoms with Gasteiger partial charge in [0.2, 0.25) is 0 Å². The molecule has 0 radical (unpaired) electrons. The molecular weight excluding hydrogens is 284 g/mol. The van der Waals surface area contributed by atoms with Gasteiger partial charge in [0, 0.05) is 11.4 Å². The van der Waals surface area contributed by atoms with Gasteiger partial charge in [-0.2, -0.15) is 5.26 Å². The van der Waals surface area contributed by atoms with Crippen LogP contribution in [0.3, 0.4) is 0 Å². The highest BCUT2D eigenvalue weighted by Crippen LogP contribution is 2.29.